The van der Waals surface area contributed by atoms with Gasteiger partial charge < -0.3 is 4.74 Å². The van der Waals surface area contributed by atoms with E-state index in [-0.39, 0.29) is 10.5 Å². The van der Waals surface area contributed by atoms with E-state index in [0.717, 1.165) is 17.3 Å². The minimum Gasteiger partial charge on any atom is -0.465 e. The number of methoxy groups -OCH3 is 1. The van der Waals surface area contributed by atoms with E-state index in [9.17, 15) is 18.0 Å². The second-order valence-corrected chi connectivity index (χ2v) is 6.55. The molecule has 1 heterocycles. The predicted molar refractivity (Wildman–Crippen MR) is 91.2 cm³/mol. The Kier molecular flexibility index (Phi) is 4.86. The molecule has 0 amide bonds. The lowest BCUT2D eigenvalue weighted by atomic mass is 10.2. The van der Waals surface area contributed by atoms with Crippen molar-refractivity contribution in [1.29, 1.82) is 0 Å². The van der Waals surface area contributed by atoms with Gasteiger partial charge >= 0.3 is 12.1 Å². The smallest absolute Gasteiger partial charge is 0.451 e. The lowest BCUT2D eigenvalue weighted by Gasteiger charge is -2.11. The van der Waals surface area contributed by atoms with E-state index in [0.29, 0.717) is 15.8 Å². The summed E-state index contributed by atoms with van der Waals surface area (Å²) in [6.07, 6.45) is -4.64. The van der Waals surface area contributed by atoms with E-state index in [1.807, 2.05) is 6.92 Å². The predicted octanol–water partition coefficient (Wildman–Crippen LogP) is 4.89. The molecular weight excluding hydrogens is 365 g/mol. The molecule has 0 N–H and O–H groups in total. The highest BCUT2D eigenvalue weighted by Crippen LogP contribution is 2.35. The van der Waals surface area contributed by atoms with Gasteiger partial charge in [0.1, 0.15) is 5.03 Å². The largest absolute Gasteiger partial charge is 0.465 e. The zero-order valence-electron chi connectivity index (χ0n) is 13.8. The Labute approximate surface area is 151 Å². The van der Waals surface area contributed by atoms with Crippen molar-refractivity contribution in [2.24, 2.45) is 0 Å². The van der Waals surface area contributed by atoms with Crippen LogP contribution < -0.4 is 0 Å². The average molecular weight is 378 g/mol. The molecule has 0 atom stereocenters. The lowest BCUT2D eigenvalue weighted by Crippen LogP contribution is -2.11. The molecule has 0 aliphatic rings. The number of hydrogen-bond acceptors (Lipinski definition) is 5. The fourth-order valence-corrected chi connectivity index (χ4v) is 3.21. The quantitative estimate of drug-likeness (QED) is 0.480. The van der Waals surface area contributed by atoms with Crippen LogP contribution in [-0.4, -0.2) is 23.0 Å². The third kappa shape index (κ3) is 3.80. The van der Waals surface area contributed by atoms with Crippen LogP contribution >= 0.6 is 11.8 Å². The second kappa shape index (κ2) is 6.95. The SMILES string of the molecule is COC(=O)c1ccc(Sc2nc(C(F)(F)F)nc3ccc(C)cc23)cc1. The summed E-state index contributed by atoms with van der Waals surface area (Å²) >= 11 is 1.08. The lowest BCUT2D eigenvalue weighted by molar-refractivity contribution is -0.145. The number of ether oxygens (including phenoxy) is 1. The number of fused-ring (bicyclic) bond motifs is 1. The molecule has 8 heteroatoms. The molecule has 0 spiro atoms. The van der Waals surface area contributed by atoms with Crippen molar-refractivity contribution in [3.63, 3.8) is 0 Å². The molecule has 0 saturated carbocycles. The molecule has 0 saturated heterocycles. The number of hydrogen-bond donors (Lipinski definition) is 0. The van der Waals surface area contributed by atoms with E-state index in [1.54, 1.807) is 42.5 Å². The number of carbonyl (C=O) groups is 1. The Hall–Kier alpha value is -2.61. The number of aryl methyl sites for hydroxylation is 1. The minimum atomic E-state index is -4.64. The molecule has 1 aromatic heterocycles. The maximum Gasteiger partial charge on any atom is 0.451 e. The van der Waals surface area contributed by atoms with Gasteiger partial charge in [-0.3, -0.25) is 0 Å². The van der Waals surface area contributed by atoms with Crippen LogP contribution in [0.3, 0.4) is 0 Å². The van der Waals surface area contributed by atoms with Gasteiger partial charge in [0.15, 0.2) is 0 Å². The van der Waals surface area contributed by atoms with Gasteiger partial charge in [-0.15, -0.1) is 0 Å². The van der Waals surface area contributed by atoms with Crippen LogP contribution in [0.15, 0.2) is 52.4 Å². The molecule has 0 aliphatic heterocycles. The number of alkyl halides is 3. The first kappa shape index (κ1) is 18.2. The van der Waals surface area contributed by atoms with Gasteiger partial charge in [0.05, 0.1) is 18.2 Å². The van der Waals surface area contributed by atoms with Crippen molar-refractivity contribution in [3.8, 4) is 0 Å². The van der Waals surface area contributed by atoms with E-state index in [4.69, 9.17) is 0 Å². The summed E-state index contributed by atoms with van der Waals surface area (Å²) in [5, 5.41) is 0.747. The molecule has 0 aliphatic carbocycles. The van der Waals surface area contributed by atoms with E-state index in [1.165, 1.54) is 7.11 Å². The first-order valence-corrected chi connectivity index (χ1v) is 8.31. The van der Waals surface area contributed by atoms with Crippen molar-refractivity contribution in [2.45, 2.75) is 23.0 Å². The van der Waals surface area contributed by atoms with Crippen LogP contribution in [0, 0.1) is 6.92 Å². The number of aromatic nitrogens is 2. The maximum absolute atomic E-state index is 13.1. The Balaban J connectivity index is 2.05. The third-order valence-corrected chi connectivity index (χ3v) is 4.57. The highest BCUT2D eigenvalue weighted by atomic mass is 32.2. The molecule has 3 aromatic rings. The topological polar surface area (TPSA) is 52.1 Å². The Morgan fingerprint density at radius 2 is 1.77 bits per heavy atom. The highest BCUT2D eigenvalue weighted by Gasteiger charge is 2.35. The van der Waals surface area contributed by atoms with Crippen molar-refractivity contribution in [3.05, 3.63) is 59.4 Å². The fourth-order valence-electron chi connectivity index (χ4n) is 2.31. The van der Waals surface area contributed by atoms with Gasteiger partial charge in [-0.25, -0.2) is 14.8 Å². The Morgan fingerprint density at radius 3 is 2.38 bits per heavy atom. The Morgan fingerprint density at radius 1 is 1.08 bits per heavy atom. The van der Waals surface area contributed by atoms with Crippen molar-refractivity contribution in [1.82, 2.24) is 9.97 Å². The molecule has 134 valence electrons. The van der Waals surface area contributed by atoms with Crippen LogP contribution in [0.1, 0.15) is 21.7 Å². The van der Waals surface area contributed by atoms with Gasteiger partial charge in [0.25, 0.3) is 0 Å². The van der Waals surface area contributed by atoms with Crippen molar-refractivity contribution >= 4 is 28.6 Å². The maximum atomic E-state index is 13.1. The first-order valence-electron chi connectivity index (χ1n) is 7.50. The molecule has 26 heavy (non-hydrogen) atoms. The molecule has 2 aromatic carbocycles. The first-order chi connectivity index (χ1) is 12.3. The summed E-state index contributed by atoms with van der Waals surface area (Å²) in [7, 11) is 1.28. The highest BCUT2D eigenvalue weighted by molar-refractivity contribution is 7.99. The second-order valence-electron chi connectivity index (χ2n) is 5.49. The minimum absolute atomic E-state index is 0.205. The van der Waals surface area contributed by atoms with Gasteiger partial charge in [-0.2, -0.15) is 13.2 Å². The summed E-state index contributed by atoms with van der Waals surface area (Å²) in [4.78, 5) is 19.5. The number of rotatable bonds is 3. The fraction of sp³-hybridized carbons (Fsp3) is 0.167. The molecule has 3 rings (SSSR count). The zero-order valence-corrected chi connectivity index (χ0v) is 14.6. The van der Waals surface area contributed by atoms with Crippen LogP contribution in [0.5, 0.6) is 0 Å². The van der Waals surface area contributed by atoms with Gasteiger partial charge in [0.2, 0.25) is 5.82 Å². The number of halogens is 3. The van der Waals surface area contributed by atoms with Crippen LogP contribution in [0.2, 0.25) is 0 Å². The standard InChI is InChI=1S/C18H13F3N2O2S/c1-10-3-8-14-13(9-10)15(23-17(22-14)18(19,20)21)26-12-6-4-11(5-7-12)16(24)25-2/h3-9H,1-2H3. The molecule has 0 fully saturated rings. The average Bonchev–Trinajstić information content (AvgIpc) is 2.61. The molecule has 0 bridgehead atoms. The van der Waals surface area contributed by atoms with Gasteiger partial charge in [-0.05, 0) is 43.3 Å². The Bertz CT molecular complexity index is 973. The van der Waals surface area contributed by atoms with Crippen LogP contribution in [0.25, 0.3) is 10.9 Å². The number of nitrogens with zero attached hydrogens (tertiary/aromatic N) is 2. The van der Waals surface area contributed by atoms with E-state index < -0.39 is 18.0 Å². The number of benzene rings is 2. The molecule has 0 unspecified atom stereocenters. The van der Waals surface area contributed by atoms with Crippen molar-refractivity contribution < 1.29 is 22.7 Å². The van der Waals surface area contributed by atoms with Crippen molar-refractivity contribution in [2.75, 3.05) is 7.11 Å². The zero-order chi connectivity index (χ0) is 18.9. The summed E-state index contributed by atoms with van der Waals surface area (Å²) in [6.45, 7) is 1.84. The normalized spacial score (nSPS) is 11.6. The summed E-state index contributed by atoms with van der Waals surface area (Å²) in [5.74, 6) is -1.66. The van der Waals surface area contributed by atoms with Crippen LogP contribution in [0.4, 0.5) is 13.2 Å². The molecular formula is C18H13F3N2O2S. The summed E-state index contributed by atoms with van der Waals surface area (Å²) in [5.41, 5.74) is 1.48. The number of esters is 1. The van der Waals surface area contributed by atoms with E-state index in [2.05, 4.69) is 14.7 Å². The molecule has 0 radical (unpaired) electrons. The van der Waals surface area contributed by atoms with Gasteiger partial charge in [0, 0.05) is 10.3 Å². The van der Waals surface area contributed by atoms with Crippen LogP contribution in [-0.2, 0) is 10.9 Å². The monoisotopic (exact) mass is 378 g/mol. The number of carbonyl (C=O) groups excluding carboxylic acids is 1. The summed E-state index contributed by atoms with van der Waals surface area (Å²) < 4.78 is 44.0. The third-order valence-electron chi connectivity index (χ3n) is 3.56. The summed E-state index contributed by atoms with van der Waals surface area (Å²) in [6, 6.07) is 11.4. The van der Waals surface area contributed by atoms with Gasteiger partial charge in [-0.1, -0.05) is 23.4 Å². The van der Waals surface area contributed by atoms with E-state index >= 15 is 0 Å². The molecule has 4 nitrogen and oxygen atoms in total.